The van der Waals surface area contributed by atoms with Gasteiger partial charge in [0.1, 0.15) is 11.8 Å². The highest BCUT2D eigenvalue weighted by atomic mass is 32.1. The minimum atomic E-state index is 0.598. The molecule has 0 aromatic heterocycles. The van der Waals surface area contributed by atoms with Crippen molar-refractivity contribution in [2.75, 3.05) is 6.54 Å². The van der Waals surface area contributed by atoms with Gasteiger partial charge in [0.05, 0.1) is 0 Å². The van der Waals surface area contributed by atoms with Crippen LogP contribution in [0, 0.1) is 11.3 Å². The fraction of sp³-hybridized carbons (Fsp3) is 0.167. The number of hydrogen-bond acceptors (Lipinski definition) is 3. The molecule has 0 spiro atoms. The van der Waals surface area contributed by atoms with Gasteiger partial charge in [0.25, 0.3) is 0 Å². The Labute approximate surface area is 59.6 Å². The fourth-order valence-electron chi connectivity index (χ4n) is 0.599. The molecule has 1 aliphatic rings. The zero-order valence-electron chi connectivity index (χ0n) is 4.78. The molecule has 0 aromatic rings. The molecule has 1 rings (SSSR count). The van der Waals surface area contributed by atoms with E-state index in [1.165, 1.54) is 0 Å². The quantitative estimate of drug-likeness (QED) is 0.508. The van der Waals surface area contributed by atoms with Gasteiger partial charge in [-0.3, -0.25) is 0 Å². The van der Waals surface area contributed by atoms with Crippen LogP contribution in [0.2, 0.25) is 0 Å². The van der Waals surface area contributed by atoms with E-state index >= 15 is 0 Å². The van der Waals surface area contributed by atoms with Crippen molar-refractivity contribution >= 4 is 12.8 Å². The molecule has 0 saturated carbocycles. The second kappa shape index (κ2) is 2.60. The topological polar surface area (TPSA) is 27.0 Å². The van der Waals surface area contributed by atoms with Crippen LogP contribution in [0.1, 0.15) is 0 Å². The number of rotatable bonds is 0. The summed E-state index contributed by atoms with van der Waals surface area (Å²) < 4.78 is 1.60. The number of thiol groups is 1. The van der Waals surface area contributed by atoms with Crippen LogP contribution in [-0.4, -0.2) is 10.8 Å². The van der Waals surface area contributed by atoms with Crippen molar-refractivity contribution < 1.29 is 0 Å². The minimum absolute atomic E-state index is 0.598. The van der Waals surface area contributed by atoms with Gasteiger partial charge in [-0.2, -0.15) is 5.26 Å². The van der Waals surface area contributed by atoms with Gasteiger partial charge in [-0.15, -0.1) is 0 Å². The number of nitriles is 1. The van der Waals surface area contributed by atoms with Crippen molar-refractivity contribution in [1.82, 2.24) is 4.31 Å². The molecule has 0 unspecified atom stereocenters. The van der Waals surface area contributed by atoms with Crippen LogP contribution in [0.3, 0.4) is 0 Å². The molecule has 9 heavy (non-hydrogen) atoms. The Hall–Kier alpha value is -0.880. The van der Waals surface area contributed by atoms with Gasteiger partial charge < -0.3 is 4.31 Å². The van der Waals surface area contributed by atoms with E-state index in [-0.39, 0.29) is 0 Å². The first-order valence-corrected chi connectivity index (χ1v) is 2.98. The minimum Gasteiger partial charge on any atom is -0.306 e. The monoisotopic (exact) mass is 138 g/mol. The van der Waals surface area contributed by atoms with Gasteiger partial charge in [-0.25, -0.2) is 0 Å². The largest absolute Gasteiger partial charge is 0.306 e. The van der Waals surface area contributed by atoms with E-state index < -0.39 is 0 Å². The average Bonchev–Trinajstić information content (AvgIpc) is 1.89. The second-order valence-electron chi connectivity index (χ2n) is 1.67. The molecule has 0 aromatic carbocycles. The van der Waals surface area contributed by atoms with Crippen LogP contribution in [0.15, 0.2) is 23.9 Å². The van der Waals surface area contributed by atoms with Crippen molar-refractivity contribution in [2.45, 2.75) is 0 Å². The van der Waals surface area contributed by atoms with E-state index in [1.54, 1.807) is 10.4 Å². The maximum absolute atomic E-state index is 8.42. The van der Waals surface area contributed by atoms with E-state index in [1.807, 2.05) is 18.2 Å². The zero-order chi connectivity index (χ0) is 6.69. The molecule has 0 amide bonds. The summed E-state index contributed by atoms with van der Waals surface area (Å²) in [7, 11) is 0. The number of hydrogen-bond donors (Lipinski definition) is 1. The summed E-state index contributed by atoms with van der Waals surface area (Å²) in [5.41, 5.74) is 0.598. The van der Waals surface area contributed by atoms with Gasteiger partial charge >= 0.3 is 0 Å². The van der Waals surface area contributed by atoms with Crippen molar-refractivity contribution in [2.24, 2.45) is 0 Å². The summed E-state index contributed by atoms with van der Waals surface area (Å²) in [5, 5.41) is 8.42. The highest BCUT2D eigenvalue weighted by molar-refractivity contribution is 7.77. The normalized spacial score (nSPS) is 16.9. The lowest BCUT2D eigenvalue weighted by atomic mass is 10.3. The molecule has 2 nitrogen and oxygen atoms in total. The Balaban J connectivity index is 2.78. The molecule has 1 heterocycles. The Morgan fingerprint density at radius 2 is 2.56 bits per heavy atom. The van der Waals surface area contributed by atoms with Crippen molar-refractivity contribution in [3.05, 3.63) is 23.9 Å². The lowest BCUT2D eigenvalue weighted by Crippen LogP contribution is -2.12. The second-order valence-corrected chi connectivity index (χ2v) is 2.16. The summed E-state index contributed by atoms with van der Waals surface area (Å²) >= 11 is 4.03. The molecule has 46 valence electrons. The molecular weight excluding hydrogens is 132 g/mol. The average molecular weight is 138 g/mol. The van der Waals surface area contributed by atoms with Crippen LogP contribution in [0.5, 0.6) is 0 Å². The Morgan fingerprint density at radius 3 is 3.00 bits per heavy atom. The Bertz CT molecular complexity index is 200. The molecule has 0 aliphatic carbocycles. The summed E-state index contributed by atoms with van der Waals surface area (Å²) in [4.78, 5) is 0. The Kier molecular flexibility index (Phi) is 1.81. The standard InChI is InChI=1S/C6H6N2S/c7-5-6-3-1-2-4-8(6)9/h1-3,9H,4H2. The molecule has 3 heteroatoms. The third-order valence-corrected chi connectivity index (χ3v) is 1.44. The van der Waals surface area contributed by atoms with Gasteiger partial charge in [-0.1, -0.05) is 25.0 Å². The van der Waals surface area contributed by atoms with Gasteiger partial charge in [0.15, 0.2) is 0 Å². The molecule has 0 bridgehead atoms. The van der Waals surface area contributed by atoms with E-state index in [4.69, 9.17) is 5.26 Å². The molecule has 1 aliphatic heterocycles. The third kappa shape index (κ3) is 1.27. The maximum atomic E-state index is 8.42. The van der Waals surface area contributed by atoms with E-state index in [0.717, 1.165) is 0 Å². The summed E-state index contributed by atoms with van der Waals surface area (Å²) in [5.74, 6) is 0. The first-order valence-electron chi connectivity index (χ1n) is 2.58. The number of allylic oxidation sites excluding steroid dienone is 3. The predicted octanol–water partition coefficient (Wildman–Crippen LogP) is 1.11. The van der Waals surface area contributed by atoms with Gasteiger partial charge in [0, 0.05) is 6.54 Å². The third-order valence-electron chi connectivity index (χ3n) is 1.06. The highest BCUT2D eigenvalue weighted by Crippen LogP contribution is 2.09. The first-order chi connectivity index (χ1) is 4.34. The van der Waals surface area contributed by atoms with Crippen molar-refractivity contribution in [3.63, 3.8) is 0 Å². The molecule has 0 radical (unpaired) electrons. The molecule has 0 saturated heterocycles. The Morgan fingerprint density at radius 1 is 1.78 bits per heavy atom. The van der Waals surface area contributed by atoms with Crippen LogP contribution in [0.4, 0.5) is 0 Å². The highest BCUT2D eigenvalue weighted by Gasteiger charge is 2.03. The van der Waals surface area contributed by atoms with Crippen LogP contribution in [-0.2, 0) is 0 Å². The van der Waals surface area contributed by atoms with Crippen LogP contribution in [0.25, 0.3) is 0 Å². The fourth-order valence-corrected chi connectivity index (χ4v) is 0.805. The van der Waals surface area contributed by atoms with E-state index in [0.29, 0.717) is 12.2 Å². The molecule has 0 atom stereocenters. The van der Waals surface area contributed by atoms with Crippen molar-refractivity contribution in [3.8, 4) is 6.07 Å². The SMILES string of the molecule is N#CC1=CC=CCN1S. The van der Waals surface area contributed by atoms with E-state index in [2.05, 4.69) is 12.8 Å². The lowest BCUT2D eigenvalue weighted by molar-refractivity contribution is 0.664. The van der Waals surface area contributed by atoms with E-state index in [9.17, 15) is 0 Å². The summed E-state index contributed by atoms with van der Waals surface area (Å²) in [6.07, 6.45) is 5.52. The van der Waals surface area contributed by atoms with Crippen LogP contribution < -0.4 is 0 Å². The lowest BCUT2D eigenvalue weighted by Gasteiger charge is -2.15. The van der Waals surface area contributed by atoms with Crippen LogP contribution >= 0.6 is 12.8 Å². The maximum Gasteiger partial charge on any atom is 0.126 e. The molecular formula is C6H6N2S. The number of nitrogens with zero attached hydrogens (tertiary/aromatic N) is 2. The van der Waals surface area contributed by atoms with Crippen molar-refractivity contribution in [1.29, 1.82) is 5.26 Å². The zero-order valence-corrected chi connectivity index (χ0v) is 5.68. The molecule has 0 N–H and O–H groups in total. The first kappa shape index (κ1) is 6.24. The summed E-state index contributed by atoms with van der Waals surface area (Å²) in [6.45, 7) is 0.711. The van der Waals surface area contributed by atoms with Gasteiger partial charge in [-0.05, 0) is 6.08 Å². The predicted molar refractivity (Wildman–Crippen MR) is 38.5 cm³/mol. The smallest absolute Gasteiger partial charge is 0.126 e. The molecule has 0 fully saturated rings. The summed E-state index contributed by atoms with van der Waals surface area (Å²) in [6, 6.07) is 2.01. The van der Waals surface area contributed by atoms with Gasteiger partial charge in [0.2, 0.25) is 0 Å².